The van der Waals surface area contributed by atoms with Crippen molar-refractivity contribution < 1.29 is 36.6 Å². The maximum absolute atomic E-state index is 14.4. The van der Waals surface area contributed by atoms with Crippen molar-refractivity contribution in [3.8, 4) is 17.1 Å². The minimum atomic E-state index is -5.03. The number of hydrogen-bond donors (Lipinski definition) is 1. The molecule has 2 aromatic heterocycles. The molecular formula is C22H16ClF5N6O4. The summed E-state index contributed by atoms with van der Waals surface area (Å²) in [6.45, 7) is -1.81. The SMILES string of the molecule is COC(=O)c1nc(Cn2nc(-c3ccc(Cl)cc3)n(CC(O)C(F)(F)F)c2=O)nn1-c1c(F)cccc1F. The molecule has 0 saturated carbocycles. The molecule has 2 aromatic carbocycles. The summed E-state index contributed by atoms with van der Waals surface area (Å²) in [5.41, 5.74) is -1.65. The average molecular weight is 559 g/mol. The van der Waals surface area contributed by atoms with Crippen LogP contribution in [-0.4, -0.2) is 59.6 Å². The number of ether oxygens (including phenoxy) is 1. The second kappa shape index (κ2) is 10.3. The highest BCUT2D eigenvalue weighted by Gasteiger charge is 2.39. The fraction of sp³-hybridized carbons (Fsp3) is 0.227. The number of alkyl halides is 3. The van der Waals surface area contributed by atoms with Crippen molar-refractivity contribution in [3.63, 3.8) is 0 Å². The van der Waals surface area contributed by atoms with Gasteiger partial charge in [0.25, 0.3) is 0 Å². The van der Waals surface area contributed by atoms with Crippen LogP contribution in [0.25, 0.3) is 17.1 Å². The zero-order valence-electron chi connectivity index (χ0n) is 19.2. The molecule has 0 fully saturated rings. The van der Waals surface area contributed by atoms with Gasteiger partial charge in [-0.1, -0.05) is 17.7 Å². The first kappa shape index (κ1) is 26.9. The van der Waals surface area contributed by atoms with Crippen LogP contribution in [0.1, 0.15) is 16.4 Å². The van der Waals surface area contributed by atoms with Gasteiger partial charge in [-0.25, -0.2) is 32.7 Å². The quantitative estimate of drug-likeness (QED) is 0.274. The second-order valence-corrected chi connectivity index (χ2v) is 8.20. The summed E-state index contributed by atoms with van der Waals surface area (Å²) in [7, 11) is 0.995. The number of esters is 1. The predicted octanol–water partition coefficient (Wildman–Crippen LogP) is 2.98. The van der Waals surface area contributed by atoms with Crippen LogP contribution in [0, 0.1) is 11.6 Å². The first-order valence-electron chi connectivity index (χ1n) is 10.6. The zero-order chi connectivity index (χ0) is 27.8. The third kappa shape index (κ3) is 5.28. The Morgan fingerprint density at radius 1 is 1.11 bits per heavy atom. The van der Waals surface area contributed by atoms with E-state index in [0.717, 1.165) is 25.3 Å². The predicted molar refractivity (Wildman–Crippen MR) is 121 cm³/mol. The van der Waals surface area contributed by atoms with Gasteiger partial charge in [0.05, 0.1) is 13.7 Å². The molecule has 4 rings (SSSR count). The first-order valence-corrected chi connectivity index (χ1v) is 11.0. The number of benzene rings is 2. The normalized spacial score (nSPS) is 12.5. The van der Waals surface area contributed by atoms with E-state index in [2.05, 4.69) is 19.9 Å². The van der Waals surface area contributed by atoms with Gasteiger partial charge >= 0.3 is 17.8 Å². The van der Waals surface area contributed by atoms with E-state index in [-0.39, 0.29) is 17.2 Å². The topological polar surface area (TPSA) is 117 Å². The van der Waals surface area contributed by atoms with Crippen LogP contribution >= 0.6 is 11.6 Å². The molecule has 10 nitrogen and oxygen atoms in total. The summed E-state index contributed by atoms with van der Waals surface area (Å²) in [4.78, 5) is 29.2. The van der Waals surface area contributed by atoms with E-state index in [1.54, 1.807) is 0 Å². The third-order valence-corrected chi connectivity index (χ3v) is 5.47. The Bertz CT molecular complexity index is 1530. The van der Waals surface area contributed by atoms with Gasteiger partial charge in [-0.05, 0) is 36.4 Å². The molecule has 0 saturated heterocycles. The Kier molecular flexibility index (Phi) is 7.33. The monoisotopic (exact) mass is 558 g/mol. The molecule has 1 N–H and O–H groups in total. The fourth-order valence-corrected chi connectivity index (χ4v) is 3.55. The molecule has 16 heteroatoms. The van der Waals surface area contributed by atoms with Crippen molar-refractivity contribution in [1.82, 2.24) is 29.1 Å². The van der Waals surface area contributed by atoms with Gasteiger partial charge in [0.1, 0.15) is 12.2 Å². The summed E-state index contributed by atoms with van der Waals surface area (Å²) < 4.78 is 74.4. The maximum atomic E-state index is 14.4. The summed E-state index contributed by atoms with van der Waals surface area (Å²) in [5, 5.41) is 17.8. The van der Waals surface area contributed by atoms with E-state index in [4.69, 9.17) is 11.6 Å². The molecule has 0 aliphatic carbocycles. The number of halogens is 6. The highest BCUT2D eigenvalue weighted by Crippen LogP contribution is 2.24. The van der Waals surface area contributed by atoms with Crippen LogP contribution in [0.2, 0.25) is 5.02 Å². The Hall–Kier alpha value is -4.11. The average Bonchev–Trinajstić information content (AvgIpc) is 3.40. The van der Waals surface area contributed by atoms with E-state index in [1.807, 2.05) is 0 Å². The van der Waals surface area contributed by atoms with Gasteiger partial charge < -0.3 is 9.84 Å². The Labute approximate surface area is 214 Å². The van der Waals surface area contributed by atoms with Crippen LogP contribution in [0.5, 0.6) is 0 Å². The van der Waals surface area contributed by atoms with Gasteiger partial charge in [-0.2, -0.15) is 13.2 Å². The standard InChI is InChI=1S/C22H16ClF5N6O4/c1-38-20(36)19-29-16(30-34(19)17-13(24)3-2-4-14(17)25)10-33-21(37)32(9-15(35)22(26,27)28)18(31-33)11-5-7-12(23)8-6-11/h2-8,15,35H,9-10H2,1H3. The first-order chi connectivity index (χ1) is 17.9. The van der Waals surface area contributed by atoms with E-state index in [0.29, 0.717) is 19.0 Å². The van der Waals surface area contributed by atoms with Gasteiger partial charge in [-0.3, -0.25) is 4.57 Å². The molecule has 2 heterocycles. The number of aliphatic hydroxyl groups excluding tert-OH is 1. The van der Waals surface area contributed by atoms with Crippen LogP contribution in [0.15, 0.2) is 47.3 Å². The number of aliphatic hydroxyl groups is 1. The lowest BCUT2D eigenvalue weighted by Crippen LogP contribution is -2.37. The van der Waals surface area contributed by atoms with E-state index >= 15 is 0 Å². The molecule has 38 heavy (non-hydrogen) atoms. The summed E-state index contributed by atoms with van der Waals surface area (Å²) in [5.74, 6) is -4.51. The summed E-state index contributed by atoms with van der Waals surface area (Å²) in [6, 6.07) is 8.54. The molecular weight excluding hydrogens is 543 g/mol. The Balaban J connectivity index is 1.81. The molecule has 1 atom stereocenters. The van der Waals surface area contributed by atoms with E-state index in [1.165, 1.54) is 24.3 Å². The van der Waals surface area contributed by atoms with Crippen LogP contribution in [0.4, 0.5) is 22.0 Å². The van der Waals surface area contributed by atoms with Crippen molar-refractivity contribution >= 4 is 17.6 Å². The summed E-state index contributed by atoms with van der Waals surface area (Å²) in [6.07, 6.45) is -7.92. The molecule has 0 radical (unpaired) electrons. The number of rotatable bonds is 7. The molecule has 0 spiro atoms. The molecule has 200 valence electrons. The maximum Gasteiger partial charge on any atom is 0.416 e. The number of carbonyl (C=O) groups is 1. The van der Waals surface area contributed by atoms with E-state index in [9.17, 15) is 36.6 Å². The van der Waals surface area contributed by atoms with Gasteiger partial charge in [0.15, 0.2) is 29.4 Å². The van der Waals surface area contributed by atoms with Crippen molar-refractivity contribution in [2.75, 3.05) is 7.11 Å². The number of hydrogen-bond acceptors (Lipinski definition) is 7. The van der Waals surface area contributed by atoms with Gasteiger partial charge in [0, 0.05) is 10.6 Å². The van der Waals surface area contributed by atoms with Crippen LogP contribution in [0.3, 0.4) is 0 Å². The molecule has 0 amide bonds. The molecule has 4 aromatic rings. The molecule has 0 aliphatic heterocycles. The van der Waals surface area contributed by atoms with Crippen molar-refractivity contribution in [1.29, 1.82) is 0 Å². The zero-order valence-corrected chi connectivity index (χ0v) is 19.9. The third-order valence-electron chi connectivity index (χ3n) is 5.22. The lowest BCUT2D eigenvalue weighted by Gasteiger charge is -2.15. The van der Waals surface area contributed by atoms with Crippen LogP contribution < -0.4 is 5.69 Å². The Morgan fingerprint density at radius 2 is 1.74 bits per heavy atom. The number of carbonyl (C=O) groups excluding carboxylic acids is 1. The van der Waals surface area contributed by atoms with Crippen molar-refractivity contribution in [3.05, 3.63) is 81.3 Å². The van der Waals surface area contributed by atoms with Gasteiger partial charge in [0.2, 0.25) is 5.82 Å². The van der Waals surface area contributed by atoms with Gasteiger partial charge in [-0.15, -0.1) is 10.2 Å². The Morgan fingerprint density at radius 3 is 2.32 bits per heavy atom. The highest BCUT2D eigenvalue weighted by molar-refractivity contribution is 6.30. The molecule has 0 aliphatic rings. The minimum absolute atomic E-state index is 0.196. The number of para-hydroxylation sites is 1. The smallest absolute Gasteiger partial charge is 0.416 e. The lowest BCUT2D eigenvalue weighted by atomic mass is 10.2. The lowest BCUT2D eigenvalue weighted by molar-refractivity contribution is -0.207. The number of methoxy groups -OCH3 is 1. The molecule has 0 bridgehead atoms. The fourth-order valence-electron chi connectivity index (χ4n) is 3.42. The second-order valence-electron chi connectivity index (χ2n) is 7.76. The largest absolute Gasteiger partial charge is 0.463 e. The minimum Gasteiger partial charge on any atom is -0.463 e. The highest BCUT2D eigenvalue weighted by atomic mass is 35.5. The van der Waals surface area contributed by atoms with E-state index < -0.39 is 60.2 Å². The number of nitrogens with zero attached hydrogens (tertiary/aromatic N) is 6. The number of aromatic nitrogens is 6. The summed E-state index contributed by atoms with van der Waals surface area (Å²) >= 11 is 5.86. The van der Waals surface area contributed by atoms with Crippen LogP contribution in [-0.2, 0) is 17.8 Å². The van der Waals surface area contributed by atoms with Crippen molar-refractivity contribution in [2.24, 2.45) is 0 Å². The molecule has 1 unspecified atom stereocenters. The van der Waals surface area contributed by atoms with Crippen molar-refractivity contribution in [2.45, 2.75) is 25.4 Å².